The average molecular weight is 481 g/mol. The van der Waals surface area contributed by atoms with Crippen LogP contribution in [0.1, 0.15) is 85.5 Å². The summed E-state index contributed by atoms with van der Waals surface area (Å²) in [4.78, 5) is 0. The van der Waals surface area contributed by atoms with Gasteiger partial charge in [-0.1, -0.05) is 13.8 Å². The molecule has 5 aliphatic rings. The Bertz CT molecular complexity index is 690. The fourth-order valence-electron chi connectivity index (χ4n) is 9.15. The first kappa shape index (κ1) is 25.4. The number of fused-ring (bicyclic) bond motifs is 5. The van der Waals surface area contributed by atoms with Gasteiger partial charge < -0.3 is 28.8 Å². The van der Waals surface area contributed by atoms with Crippen molar-refractivity contribution < 1.29 is 28.8 Å². The highest BCUT2D eigenvalue weighted by molar-refractivity contribution is 5.17. The Morgan fingerprint density at radius 1 is 0.853 bits per heavy atom. The standard InChI is InChI=1S/C28H48O6/c1-5-30-24(31-6-2)18-34-20-9-12-26(3)19(17-20)7-8-22-21(26)10-13-27(4)23(11-14-28(22,27)29)25-32-15-16-33-25/h19-25,29H,5-18H2,1-4H3/t19?,20?,21-,22-,23?,26+,27-,28-/m1/s1. The Morgan fingerprint density at radius 2 is 1.56 bits per heavy atom. The summed E-state index contributed by atoms with van der Waals surface area (Å²) in [7, 11) is 0. The molecule has 1 heterocycles. The van der Waals surface area contributed by atoms with Crippen LogP contribution in [0.4, 0.5) is 0 Å². The van der Waals surface area contributed by atoms with Gasteiger partial charge in [0, 0.05) is 24.5 Å². The molecule has 4 saturated carbocycles. The zero-order valence-electron chi connectivity index (χ0n) is 21.9. The van der Waals surface area contributed by atoms with Crippen molar-refractivity contribution in [1.29, 1.82) is 0 Å². The summed E-state index contributed by atoms with van der Waals surface area (Å²) >= 11 is 0. The van der Waals surface area contributed by atoms with Crippen molar-refractivity contribution in [3.8, 4) is 0 Å². The minimum Gasteiger partial charge on any atom is -0.389 e. The van der Waals surface area contributed by atoms with E-state index in [2.05, 4.69) is 13.8 Å². The van der Waals surface area contributed by atoms with Gasteiger partial charge in [-0.15, -0.1) is 0 Å². The van der Waals surface area contributed by atoms with Gasteiger partial charge in [-0.2, -0.15) is 0 Å². The predicted molar refractivity (Wildman–Crippen MR) is 129 cm³/mol. The summed E-state index contributed by atoms with van der Waals surface area (Å²) in [5.41, 5.74) is -0.378. The normalized spacial score (nSPS) is 46.9. The lowest BCUT2D eigenvalue weighted by Crippen LogP contribution is -2.63. The molecule has 6 nitrogen and oxygen atoms in total. The van der Waals surface area contributed by atoms with E-state index < -0.39 is 5.60 Å². The van der Waals surface area contributed by atoms with Gasteiger partial charge >= 0.3 is 0 Å². The summed E-state index contributed by atoms with van der Waals surface area (Å²) in [5, 5.41) is 12.3. The highest BCUT2D eigenvalue weighted by atomic mass is 16.7. The summed E-state index contributed by atoms with van der Waals surface area (Å²) in [6.45, 7) is 12.1. The van der Waals surface area contributed by atoms with E-state index in [1.807, 2.05) is 13.8 Å². The van der Waals surface area contributed by atoms with Gasteiger partial charge in [0.15, 0.2) is 12.6 Å². The van der Waals surface area contributed by atoms with Crippen LogP contribution in [0.2, 0.25) is 0 Å². The first-order valence-corrected chi connectivity index (χ1v) is 14.2. The zero-order chi connectivity index (χ0) is 24.0. The summed E-state index contributed by atoms with van der Waals surface area (Å²) in [6, 6.07) is 0. The fraction of sp³-hybridized carbons (Fsp3) is 1.00. The zero-order valence-corrected chi connectivity index (χ0v) is 21.9. The van der Waals surface area contributed by atoms with E-state index in [1.165, 1.54) is 19.3 Å². The van der Waals surface area contributed by atoms with Gasteiger partial charge in [-0.3, -0.25) is 0 Å². The third-order valence-corrected chi connectivity index (χ3v) is 11.0. The first-order chi connectivity index (χ1) is 16.4. The van der Waals surface area contributed by atoms with Gasteiger partial charge in [0.25, 0.3) is 0 Å². The number of rotatable bonds is 8. The second-order valence-electron chi connectivity index (χ2n) is 12.2. The van der Waals surface area contributed by atoms with E-state index in [-0.39, 0.29) is 18.0 Å². The second-order valence-corrected chi connectivity index (χ2v) is 12.2. The summed E-state index contributed by atoms with van der Waals surface area (Å²) in [5.74, 6) is 2.00. The maximum Gasteiger partial charge on any atom is 0.180 e. The minimum atomic E-state index is -0.584. The SMILES string of the molecule is CCOC(COC1CC[C@@]2(C)C(CC[C@@H]3[C@H]2CC[C@]2(C)C(C4OCCO4)CC[C@@]32O)C1)OCC. The molecule has 8 atom stereocenters. The largest absolute Gasteiger partial charge is 0.389 e. The number of ether oxygens (including phenoxy) is 5. The van der Waals surface area contributed by atoms with Gasteiger partial charge in [-0.25, -0.2) is 0 Å². The van der Waals surface area contributed by atoms with E-state index >= 15 is 0 Å². The van der Waals surface area contributed by atoms with Crippen molar-refractivity contribution in [3.63, 3.8) is 0 Å². The Balaban J connectivity index is 1.25. The lowest BCUT2D eigenvalue weighted by molar-refractivity contribution is -0.231. The van der Waals surface area contributed by atoms with Crippen LogP contribution < -0.4 is 0 Å². The molecule has 0 aromatic rings. The molecule has 5 rings (SSSR count). The van der Waals surface area contributed by atoms with Crippen molar-refractivity contribution in [3.05, 3.63) is 0 Å². The fourth-order valence-corrected chi connectivity index (χ4v) is 9.15. The van der Waals surface area contributed by atoms with E-state index in [1.54, 1.807) is 0 Å². The molecule has 0 spiro atoms. The van der Waals surface area contributed by atoms with Crippen LogP contribution >= 0.6 is 0 Å². The van der Waals surface area contributed by atoms with E-state index in [9.17, 15) is 5.11 Å². The molecule has 1 N–H and O–H groups in total. The molecule has 0 bridgehead atoms. The molecule has 0 radical (unpaired) electrons. The molecule has 196 valence electrons. The molecule has 3 unspecified atom stereocenters. The molecule has 4 aliphatic carbocycles. The van der Waals surface area contributed by atoms with Crippen LogP contribution in [-0.2, 0) is 23.7 Å². The van der Waals surface area contributed by atoms with Crippen molar-refractivity contribution in [2.24, 2.45) is 34.5 Å². The smallest absolute Gasteiger partial charge is 0.180 e. The van der Waals surface area contributed by atoms with Crippen LogP contribution in [0.15, 0.2) is 0 Å². The molecule has 0 amide bonds. The minimum absolute atomic E-state index is 0.0970. The van der Waals surface area contributed by atoms with Crippen LogP contribution in [0.5, 0.6) is 0 Å². The van der Waals surface area contributed by atoms with Gasteiger partial charge in [-0.05, 0) is 94.8 Å². The summed E-state index contributed by atoms with van der Waals surface area (Å²) < 4.78 is 29.6. The van der Waals surface area contributed by atoms with Gasteiger partial charge in [0.05, 0.1) is 31.5 Å². The highest BCUT2D eigenvalue weighted by Gasteiger charge is 2.68. The van der Waals surface area contributed by atoms with Crippen molar-refractivity contribution in [2.45, 2.75) is 110 Å². The highest BCUT2D eigenvalue weighted by Crippen LogP contribution is 2.69. The molecule has 0 aromatic carbocycles. The first-order valence-electron chi connectivity index (χ1n) is 14.2. The number of aliphatic hydroxyl groups is 1. The molecule has 1 aliphatic heterocycles. The number of hydrogen-bond donors (Lipinski definition) is 1. The molecular weight excluding hydrogens is 432 g/mol. The molecular formula is C28H48O6. The molecule has 0 aromatic heterocycles. The van der Waals surface area contributed by atoms with Crippen molar-refractivity contribution in [1.82, 2.24) is 0 Å². The lowest BCUT2D eigenvalue weighted by atomic mass is 9.43. The molecule has 34 heavy (non-hydrogen) atoms. The Kier molecular flexibility index (Phi) is 7.40. The Morgan fingerprint density at radius 3 is 2.26 bits per heavy atom. The van der Waals surface area contributed by atoms with Crippen LogP contribution in [0.3, 0.4) is 0 Å². The van der Waals surface area contributed by atoms with Crippen LogP contribution in [0.25, 0.3) is 0 Å². The predicted octanol–water partition coefficient (Wildman–Crippen LogP) is 4.92. The average Bonchev–Trinajstić information content (AvgIpc) is 3.43. The van der Waals surface area contributed by atoms with E-state index in [0.29, 0.717) is 68.2 Å². The third-order valence-electron chi connectivity index (χ3n) is 11.0. The van der Waals surface area contributed by atoms with E-state index in [4.69, 9.17) is 23.7 Å². The third kappa shape index (κ3) is 4.09. The van der Waals surface area contributed by atoms with Gasteiger partial charge in [0.2, 0.25) is 0 Å². The maximum absolute atomic E-state index is 12.3. The molecule has 6 heteroatoms. The Hall–Kier alpha value is -0.240. The van der Waals surface area contributed by atoms with E-state index in [0.717, 1.165) is 38.5 Å². The lowest BCUT2D eigenvalue weighted by Gasteiger charge is -2.63. The maximum atomic E-state index is 12.3. The quantitative estimate of drug-likeness (QED) is 0.498. The Labute approximate surface area is 206 Å². The molecule has 1 saturated heterocycles. The number of hydrogen-bond acceptors (Lipinski definition) is 6. The van der Waals surface area contributed by atoms with Crippen molar-refractivity contribution in [2.75, 3.05) is 33.0 Å². The van der Waals surface area contributed by atoms with Crippen molar-refractivity contribution >= 4 is 0 Å². The van der Waals surface area contributed by atoms with Crippen LogP contribution in [0, 0.1) is 34.5 Å². The topological polar surface area (TPSA) is 66.4 Å². The summed E-state index contributed by atoms with van der Waals surface area (Å²) in [6.07, 6.45) is 9.94. The van der Waals surface area contributed by atoms with Gasteiger partial charge in [0.1, 0.15) is 0 Å². The van der Waals surface area contributed by atoms with Crippen LogP contribution in [-0.4, -0.2) is 62.4 Å². The monoisotopic (exact) mass is 480 g/mol. The molecule has 5 fully saturated rings. The second kappa shape index (κ2) is 9.90.